The van der Waals surface area contributed by atoms with Crippen LogP contribution in [0.15, 0.2) is 29.4 Å². The van der Waals surface area contributed by atoms with E-state index in [1.54, 1.807) is 0 Å². The average molecular weight is 288 g/mol. The SMILES string of the molecule is Cn1nccc1S(=O)(=O)Nc1c(N)ccc(F)c1F. The number of nitrogens with one attached hydrogen (secondary N) is 1. The predicted octanol–water partition coefficient (Wildman–Crippen LogP) is 1.08. The van der Waals surface area contributed by atoms with Crippen LogP contribution in [0.2, 0.25) is 0 Å². The molecule has 9 heteroatoms. The number of benzene rings is 1. The predicted molar refractivity (Wildman–Crippen MR) is 64.8 cm³/mol. The Morgan fingerprint density at radius 3 is 2.58 bits per heavy atom. The summed E-state index contributed by atoms with van der Waals surface area (Å²) in [6, 6.07) is 3.10. The Morgan fingerprint density at radius 1 is 1.32 bits per heavy atom. The van der Waals surface area contributed by atoms with Crippen LogP contribution in [-0.4, -0.2) is 18.2 Å². The van der Waals surface area contributed by atoms with Crippen LogP contribution in [0.5, 0.6) is 0 Å². The third kappa shape index (κ3) is 2.36. The van der Waals surface area contributed by atoms with E-state index < -0.39 is 27.3 Å². The van der Waals surface area contributed by atoms with Gasteiger partial charge >= 0.3 is 0 Å². The molecule has 0 unspecified atom stereocenters. The maximum Gasteiger partial charge on any atom is 0.279 e. The third-order valence-corrected chi connectivity index (χ3v) is 3.84. The van der Waals surface area contributed by atoms with Crippen molar-refractivity contribution < 1.29 is 17.2 Å². The molecule has 0 aliphatic heterocycles. The summed E-state index contributed by atoms with van der Waals surface area (Å²) in [6.07, 6.45) is 1.26. The van der Waals surface area contributed by atoms with Crippen LogP contribution >= 0.6 is 0 Å². The van der Waals surface area contributed by atoms with Gasteiger partial charge in [-0.1, -0.05) is 0 Å². The molecule has 0 fully saturated rings. The first-order chi connectivity index (χ1) is 8.83. The zero-order valence-corrected chi connectivity index (χ0v) is 10.6. The molecule has 6 nitrogen and oxygen atoms in total. The van der Waals surface area contributed by atoms with E-state index in [1.165, 1.54) is 19.3 Å². The van der Waals surface area contributed by atoms with E-state index in [0.29, 0.717) is 0 Å². The Hall–Kier alpha value is -2.16. The minimum absolute atomic E-state index is 0.199. The van der Waals surface area contributed by atoms with Crippen LogP contribution in [0.1, 0.15) is 0 Å². The Kier molecular flexibility index (Phi) is 3.14. The molecule has 1 aromatic carbocycles. The smallest absolute Gasteiger partial charge is 0.279 e. The van der Waals surface area contributed by atoms with Gasteiger partial charge in [0.2, 0.25) is 0 Å². The van der Waals surface area contributed by atoms with Crippen molar-refractivity contribution in [3.63, 3.8) is 0 Å². The van der Waals surface area contributed by atoms with Gasteiger partial charge < -0.3 is 5.73 Å². The maximum atomic E-state index is 13.5. The molecule has 0 spiro atoms. The van der Waals surface area contributed by atoms with Gasteiger partial charge in [0.25, 0.3) is 10.0 Å². The summed E-state index contributed by atoms with van der Waals surface area (Å²) >= 11 is 0. The van der Waals surface area contributed by atoms with Crippen LogP contribution in [0.4, 0.5) is 20.2 Å². The lowest BCUT2D eigenvalue weighted by atomic mass is 10.2. The van der Waals surface area contributed by atoms with Crippen LogP contribution in [0.3, 0.4) is 0 Å². The molecule has 0 aliphatic carbocycles. The molecule has 0 aliphatic rings. The number of hydrogen-bond donors (Lipinski definition) is 2. The van der Waals surface area contributed by atoms with Crippen LogP contribution in [0, 0.1) is 11.6 Å². The number of anilines is 2. The van der Waals surface area contributed by atoms with Crippen molar-refractivity contribution in [1.82, 2.24) is 9.78 Å². The van der Waals surface area contributed by atoms with E-state index >= 15 is 0 Å². The number of nitrogens with zero attached hydrogens (tertiary/aromatic N) is 2. The number of aryl methyl sites for hydroxylation is 1. The number of rotatable bonds is 3. The summed E-state index contributed by atoms with van der Waals surface area (Å²) in [5.74, 6) is -2.55. The van der Waals surface area contributed by atoms with E-state index in [4.69, 9.17) is 5.73 Å². The van der Waals surface area contributed by atoms with E-state index in [-0.39, 0.29) is 10.7 Å². The Bertz CT molecular complexity index is 727. The molecule has 102 valence electrons. The highest BCUT2D eigenvalue weighted by molar-refractivity contribution is 7.92. The van der Waals surface area contributed by atoms with Crippen molar-refractivity contribution in [2.45, 2.75) is 5.03 Å². The highest BCUT2D eigenvalue weighted by Gasteiger charge is 2.22. The fourth-order valence-corrected chi connectivity index (χ4v) is 2.70. The number of nitrogen functional groups attached to an aromatic ring is 1. The van der Waals surface area contributed by atoms with Gasteiger partial charge in [0, 0.05) is 7.05 Å². The van der Waals surface area contributed by atoms with Gasteiger partial charge in [-0.3, -0.25) is 9.40 Å². The van der Waals surface area contributed by atoms with E-state index in [1.807, 2.05) is 4.72 Å². The normalized spacial score (nSPS) is 11.5. The minimum Gasteiger partial charge on any atom is -0.397 e. The fourth-order valence-electron chi connectivity index (χ4n) is 1.48. The third-order valence-electron chi connectivity index (χ3n) is 2.41. The maximum absolute atomic E-state index is 13.5. The molecule has 2 rings (SSSR count). The molecule has 1 heterocycles. The summed E-state index contributed by atoms with van der Waals surface area (Å²) in [6.45, 7) is 0. The largest absolute Gasteiger partial charge is 0.397 e. The highest BCUT2D eigenvalue weighted by Crippen LogP contribution is 2.27. The summed E-state index contributed by atoms with van der Waals surface area (Å²) in [5.41, 5.74) is 4.59. The molecule has 0 radical (unpaired) electrons. The van der Waals surface area contributed by atoms with Crippen molar-refractivity contribution in [3.05, 3.63) is 36.0 Å². The van der Waals surface area contributed by atoms with E-state index in [0.717, 1.165) is 16.8 Å². The number of hydrogen-bond acceptors (Lipinski definition) is 4. The van der Waals surface area contributed by atoms with E-state index in [2.05, 4.69) is 5.10 Å². The summed E-state index contributed by atoms with van der Waals surface area (Å²) in [5, 5.41) is 3.49. The highest BCUT2D eigenvalue weighted by atomic mass is 32.2. The average Bonchev–Trinajstić information content (AvgIpc) is 2.77. The molecule has 0 saturated heterocycles. The molecular weight excluding hydrogens is 278 g/mol. The molecule has 19 heavy (non-hydrogen) atoms. The first-order valence-corrected chi connectivity index (χ1v) is 6.55. The molecule has 2 aromatic rings. The van der Waals surface area contributed by atoms with Crippen molar-refractivity contribution in [3.8, 4) is 0 Å². The first kappa shape index (κ1) is 13.3. The number of nitrogens with two attached hydrogens (primary N) is 1. The van der Waals surface area contributed by atoms with Crippen molar-refractivity contribution in [2.75, 3.05) is 10.5 Å². The summed E-state index contributed by atoms with van der Waals surface area (Å²) in [4.78, 5) is 0. The lowest BCUT2D eigenvalue weighted by Gasteiger charge is -2.11. The van der Waals surface area contributed by atoms with Crippen LogP contribution < -0.4 is 10.5 Å². The Balaban J connectivity index is 2.48. The molecule has 0 atom stereocenters. The minimum atomic E-state index is -4.10. The molecule has 0 amide bonds. The second-order valence-corrected chi connectivity index (χ2v) is 5.35. The van der Waals surface area contributed by atoms with Gasteiger partial charge in [0.05, 0.1) is 11.9 Å². The van der Waals surface area contributed by atoms with Crippen molar-refractivity contribution in [1.29, 1.82) is 0 Å². The van der Waals surface area contributed by atoms with E-state index in [9.17, 15) is 17.2 Å². The van der Waals surface area contributed by atoms with Crippen molar-refractivity contribution in [2.24, 2.45) is 7.05 Å². The topological polar surface area (TPSA) is 90.0 Å². The van der Waals surface area contributed by atoms with Gasteiger partial charge in [0.1, 0.15) is 5.69 Å². The van der Waals surface area contributed by atoms with Gasteiger partial charge in [0.15, 0.2) is 16.7 Å². The second kappa shape index (κ2) is 4.50. The lowest BCUT2D eigenvalue weighted by Crippen LogP contribution is -2.18. The number of aromatic nitrogens is 2. The standard InChI is InChI=1S/C10H10F2N4O2S/c1-16-8(4-5-14-16)19(17,18)15-10-7(13)3-2-6(11)9(10)12/h2-5,15H,13H2,1H3. The number of sulfonamides is 1. The molecular formula is C10H10F2N4O2S. The van der Waals surface area contributed by atoms with Crippen LogP contribution in [0.25, 0.3) is 0 Å². The fraction of sp³-hybridized carbons (Fsp3) is 0.100. The summed E-state index contributed by atoms with van der Waals surface area (Å²) in [7, 11) is -2.70. The molecule has 0 saturated carbocycles. The van der Waals surface area contributed by atoms with Gasteiger partial charge in [-0.2, -0.15) is 13.5 Å². The molecule has 1 aromatic heterocycles. The Morgan fingerprint density at radius 2 is 2.00 bits per heavy atom. The first-order valence-electron chi connectivity index (χ1n) is 5.07. The Labute approximate surface area is 107 Å². The van der Waals surface area contributed by atoms with Gasteiger partial charge in [-0.25, -0.2) is 8.78 Å². The second-order valence-electron chi connectivity index (χ2n) is 3.72. The molecule has 3 N–H and O–H groups in total. The zero-order chi connectivity index (χ0) is 14.2. The number of halogens is 2. The van der Waals surface area contributed by atoms with Gasteiger partial charge in [-0.05, 0) is 18.2 Å². The van der Waals surface area contributed by atoms with Crippen LogP contribution in [-0.2, 0) is 17.1 Å². The molecule has 0 bridgehead atoms. The van der Waals surface area contributed by atoms with Crippen molar-refractivity contribution >= 4 is 21.4 Å². The lowest BCUT2D eigenvalue weighted by molar-refractivity contribution is 0.512. The quantitative estimate of drug-likeness (QED) is 0.827. The zero-order valence-electron chi connectivity index (χ0n) is 9.76. The summed E-state index contributed by atoms with van der Waals surface area (Å²) < 4.78 is 53.6. The monoisotopic (exact) mass is 288 g/mol. The van der Waals surface area contributed by atoms with Gasteiger partial charge in [-0.15, -0.1) is 0 Å².